The number of rotatable bonds is 9. The highest BCUT2D eigenvalue weighted by atomic mass is 28.4. The Morgan fingerprint density at radius 1 is 0.682 bits per heavy atom. The largest absolute Gasteiger partial charge is 0.704 e. The summed E-state index contributed by atoms with van der Waals surface area (Å²) in [6, 6.07) is 4.38. The van der Waals surface area contributed by atoms with Crippen LogP contribution in [0.5, 0.6) is 0 Å². The number of hydrogen-bond acceptors (Lipinski definition) is 6. The molecule has 0 aromatic heterocycles. The summed E-state index contributed by atoms with van der Waals surface area (Å²) in [6.07, 6.45) is 0. The van der Waals surface area contributed by atoms with Crippen LogP contribution in [0.4, 0.5) is 0 Å². The van der Waals surface area contributed by atoms with E-state index in [0.717, 1.165) is 24.2 Å². The molecule has 8 heteroatoms. The fourth-order valence-corrected chi connectivity index (χ4v) is 10.2. The van der Waals surface area contributed by atoms with Crippen LogP contribution in [0.15, 0.2) is 0 Å². The minimum Gasteiger partial charge on any atom is -0.455 e. The number of carbonyl (C=O) groups is 3. The molecule has 22 heavy (non-hydrogen) atoms. The van der Waals surface area contributed by atoms with Gasteiger partial charge in [-0.2, -0.15) is 0 Å². The second-order valence-electron chi connectivity index (χ2n) is 5.52. The predicted octanol–water partition coefficient (Wildman–Crippen LogP) is 3.12. The van der Waals surface area contributed by atoms with Crippen LogP contribution in [0.3, 0.4) is 0 Å². The van der Waals surface area contributed by atoms with Crippen molar-refractivity contribution in [3.05, 3.63) is 0 Å². The summed E-state index contributed by atoms with van der Waals surface area (Å²) in [7, 11) is -5.18. The molecule has 0 unspecified atom stereocenters. The lowest BCUT2D eigenvalue weighted by molar-refractivity contribution is -0.147. The zero-order valence-electron chi connectivity index (χ0n) is 14.5. The minimum atomic E-state index is -3.66. The Labute approximate surface area is 134 Å². The van der Waals surface area contributed by atoms with Crippen LogP contribution < -0.4 is 0 Å². The van der Waals surface area contributed by atoms with Gasteiger partial charge in [0.1, 0.15) is 0 Å². The third-order valence-electron chi connectivity index (χ3n) is 4.11. The summed E-state index contributed by atoms with van der Waals surface area (Å²) in [6.45, 7) is 10.1. The zero-order chi connectivity index (χ0) is 17.4. The summed E-state index contributed by atoms with van der Waals surface area (Å²) in [5.74, 6) is -1.82. The fourth-order valence-electron chi connectivity index (χ4n) is 2.57. The predicted molar refractivity (Wildman–Crippen MR) is 87.9 cm³/mol. The van der Waals surface area contributed by atoms with Crippen LogP contribution in [0.25, 0.3) is 0 Å². The van der Waals surface area contributed by atoms with Crippen LogP contribution >= 0.6 is 0 Å². The summed E-state index contributed by atoms with van der Waals surface area (Å²) >= 11 is 0. The molecule has 0 spiro atoms. The maximum absolute atomic E-state index is 11.4. The zero-order valence-corrected chi connectivity index (χ0v) is 16.5. The molecule has 6 nitrogen and oxygen atoms in total. The second-order valence-corrected chi connectivity index (χ2v) is 13.6. The van der Waals surface area contributed by atoms with E-state index in [1.165, 1.54) is 20.8 Å². The van der Waals surface area contributed by atoms with E-state index in [1.807, 2.05) is 0 Å². The van der Waals surface area contributed by atoms with Crippen molar-refractivity contribution in [2.45, 2.75) is 71.8 Å². The highest BCUT2D eigenvalue weighted by Gasteiger charge is 2.52. The van der Waals surface area contributed by atoms with E-state index in [4.69, 9.17) is 13.3 Å². The minimum absolute atomic E-state index is 0.313. The lowest BCUT2D eigenvalue weighted by Gasteiger charge is -2.32. The maximum Gasteiger partial charge on any atom is 0.704 e. The number of hydrogen-bond donors (Lipinski definition) is 0. The van der Waals surface area contributed by atoms with Gasteiger partial charge in [0, 0.05) is 20.8 Å². The van der Waals surface area contributed by atoms with Gasteiger partial charge >= 0.3 is 8.80 Å². The summed E-state index contributed by atoms with van der Waals surface area (Å²) in [4.78, 5) is 34.2. The van der Waals surface area contributed by atoms with Gasteiger partial charge in [-0.05, 0) is 6.04 Å². The quantitative estimate of drug-likeness (QED) is 0.596. The monoisotopic (exact) mass is 348 g/mol. The summed E-state index contributed by atoms with van der Waals surface area (Å²) in [5.41, 5.74) is 0. The normalized spacial score (nSPS) is 11.7. The molecule has 0 aliphatic rings. The first-order valence-corrected chi connectivity index (χ1v) is 12.5. The molecular formula is C14H28O6Si2. The molecule has 0 aromatic carbocycles. The van der Waals surface area contributed by atoms with E-state index >= 15 is 0 Å². The molecule has 0 saturated carbocycles. The lowest BCUT2D eigenvalue weighted by Crippen LogP contribution is -2.50. The molecule has 0 N–H and O–H groups in total. The van der Waals surface area contributed by atoms with Crippen LogP contribution in [-0.2, 0) is 27.7 Å². The van der Waals surface area contributed by atoms with Crippen molar-refractivity contribution in [2.75, 3.05) is 0 Å². The van der Waals surface area contributed by atoms with Crippen molar-refractivity contribution in [1.82, 2.24) is 0 Å². The van der Waals surface area contributed by atoms with E-state index in [9.17, 15) is 14.4 Å². The van der Waals surface area contributed by atoms with E-state index in [1.54, 1.807) is 0 Å². The Morgan fingerprint density at radius 2 is 1.00 bits per heavy atom. The van der Waals surface area contributed by atoms with E-state index in [2.05, 4.69) is 20.8 Å². The Bertz CT molecular complexity index is 357. The van der Waals surface area contributed by atoms with Crippen molar-refractivity contribution >= 4 is 34.8 Å². The van der Waals surface area contributed by atoms with Crippen molar-refractivity contribution in [2.24, 2.45) is 0 Å². The molecule has 0 bridgehead atoms. The van der Waals surface area contributed by atoms with Crippen molar-refractivity contribution in [3.63, 3.8) is 0 Å². The summed E-state index contributed by atoms with van der Waals surface area (Å²) < 4.78 is 15.7. The van der Waals surface area contributed by atoms with Gasteiger partial charge in [0.25, 0.3) is 17.9 Å². The first-order valence-electron chi connectivity index (χ1n) is 7.73. The molecule has 0 aliphatic heterocycles. The van der Waals surface area contributed by atoms with Crippen molar-refractivity contribution in [1.29, 1.82) is 0 Å². The van der Waals surface area contributed by atoms with Gasteiger partial charge in [0.05, 0.1) is 14.1 Å². The SMILES string of the molecule is CC[Si](CC)(CC)CC[Si](OC(C)=O)(OC(C)=O)OC(C)=O. The van der Waals surface area contributed by atoms with E-state index in [-0.39, 0.29) is 0 Å². The van der Waals surface area contributed by atoms with Crippen LogP contribution in [0.2, 0.25) is 30.2 Å². The molecule has 0 fully saturated rings. The third kappa shape index (κ3) is 6.74. The highest BCUT2D eigenvalue weighted by molar-refractivity contribution is 6.81. The Hall–Kier alpha value is -1.16. The molecule has 0 aliphatic carbocycles. The van der Waals surface area contributed by atoms with Gasteiger partial charge < -0.3 is 13.3 Å². The average Bonchev–Trinajstić information content (AvgIpc) is 2.38. The van der Waals surface area contributed by atoms with Gasteiger partial charge in [-0.3, -0.25) is 14.4 Å². The molecule has 0 aromatic rings. The molecule has 0 amide bonds. The fraction of sp³-hybridized carbons (Fsp3) is 0.786. The highest BCUT2D eigenvalue weighted by Crippen LogP contribution is 2.31. The Kier molecular flexibility index (Phi) is 8.61. The summed E-state index contributed by atoms with van der Waals surface area (Å²) in [5, 5.41) is 0. The molecule has 0 radical (unpaired) electrons. The second kappa shape index (κ2) is 9.09. The van der Waals surface area contributed by atoms with Crippen molar-refractivity contribution in [3.8, 4) is 0 Å². The standard InChI is InChI=1S/C14H28O6Si2/c1-7-21(8-2,9-3)10-11-22(18-12(4)15,19-13(5)16)20-14(6)17/h7-11H2,1-6H3. The van der Waals surface area contributed by atoms with Gasteiger partial charge in [0.2, 0.25) is 0 Å². The van der Waals surface area contributed by atoms with Crippen LogP contribution in [0, 0.1) is 0 Å². The maximum atomic E-state index is 11.4. The lowest BCUT2D eigenvalue weighted by atomic mass is 10.8. The molecule has 0 rings (SSSR count). The van der Waals surface area contributed by atoms with Gasteiger partial charge in [-0.15, -0.1) is 0 Å². The third-order valence-corrected chi connectivity index (χ3v) is 13.1. The van der Waals surface area contributed by atoms with Gasteiger partial charge in [0.15, 0.2) is 0 Å². The molecule has 0 saturated heterocycles. The Balaban J connectivity index is 5.38. The molecule has 0 heterocycles. The van der Waals surface area contributed by atoms with Gasteiger partial charge in [-0.25, -0.2) is 0 Å². The molecule has 128 valence electrons. The van der Waals surface area contributed by atoms with Crippen LogP contribution in [0.1, 0.15) is 41.5 Å². The van der Waals surface area contributed by atoms with Crippen molar-refractivity contribution < 1.29 is 27.7 Å². The van der Waals surface area contributed by atoms with E-state index in [0.29, 0.717) is 6.04 Å². The first kappa shape index (κ1) is 20.8. The molecule has 0 atom stereocenters. The average molecular weight is 349 g/mol. The smallest absolute Gasteiger partial charge is 0.455 e. The topological polar surface area (TPSA) is 78.9 Å². The number of carbonyl (C=O) groups excluding carboxylic acids is 3. The first-order chi connectivity index (χ1) is 10.1. The van der Waals surface area contributed by atoms with Gasteiger partial charge in [-0.1, -0.05) is 38.9 Å². The van der Waals surface area contributed by atoms with E-state index < -0.39 is 34.8 Å². The van der Waals surface area contributed by atoms with Crippen LogP contribution in [-0.4, -0.2) is 34.8 Å². The molecular weight excluding hydrogens is 320 g/mol. The Morgan fingerprint density at radius 3 is 1.23 bits per heavy atom.